The lowest BCUT2D eigenvalue weighted by Gasteiger charge is -2.35. The van der Waals surface area contributed by atoms with Crippen molar-refractivity contribution < 1.29 is 23.9 Å². The molecule has 2 aliphatic rings. The van der Waals surface area contributed by atoms with Crippen molar-refractivity contribution >= 4 is 23.5 Å². The third-order valence-electron chi connectivity index (χ3n) is 7.05. The van der Waals surface area contributed by atoms with Crippen LogP contribution in [0.3, 0.4) is 0 Å². The molecular formula is C26H40N4O5. The Kier molecular flexibility index (Phi) is 9.37. The van der Waals surface area contributed by atoms with Crippen molar-refractivity contribution in [3.05, 3.63) is 23.8 Å². The van der Waals surface area contributed by atoms with Gasteiger partial charge in [-0.3, -0.25) is 9.59 Å². The number of ether oxygens (including phenoxy) is 2. The summed E-state index contributed by atoms with van der Waals surface area (Å²) in [6.07, 6.45) is 5.20. The predicted molar refractivity (Wildman–Crippen MR) is 135 cm³/mol. The van der Waals surface area contributed by atoms with Gasteiger partial charge >= 0.3 is 6.03 Å². The first-order chi connectivity index (χ1) is 16.7. The number of carbonyl (C=O) groups excluding carboxylic acids is 3. The summed E-state index contributed by atoms with van der Waals surface area (Å²) < 4.78 is 11.7. The molecule has 194 valence electrons. The number of nitrogens with one attached hydrogen (secondary N) is 2. The van der Waals surface area contributed by atoms with Crippen molar-refractivity contribution in [1.29, 1.82) is 0 Å². The van der Waals surface area contributed by atoms with Crippen LogP contribution in [0.2, 0.25) is 0 Å². The maximum atomic E-state index is 13.4. The lowest BCUT2D eigenvalue weighted by Crippen LogP contribution is -2.48. The van der Waals surface area contributed by atoms with E-state index < -0.39 is 0 Å². The SMILES string of the molecule is CO[C@H]1CN(C)C(=O)c2cc(NC(=O)NC3CCCCC3)ccc2OC[C@H](C)N(C(C)=O)C[C@H]1C. The molecule has 3 rings (SSSR count). The zero-order valence-corrected chi connectivity index (χ0v) is 21.6. The molecule has 0 spiro atoms. The number of urea groups is 1. The number of nitrogens with zero attached hydrogens (tertiary/aromatic N) is 2. The lowest BCUT2D eigenvalue weighted by atomic mass is 9.96. The molecule has 0 aromatic heterocycles. The van der Waals surface area contributed by atoms with Gasteiger partial charge < -0.3 is 29.9 Å². The summed E-state index contributed by atoms with van der Waals surface area (Å²) in [7, 11) is 3.34. The number of anilines is 1. The van der Waals surface area contributed by atoms with Crippen molar-refractivity contribution in [3.63, 3.8) is 0 Å². The van der Waals surface area contributed by atoms with Gasteiger partial charge in [0.2, 0.25) is 5.91 Å². The highest BCUT2D eigenvalue weighted by Gasteiger charge is 2.29. The van der Waals surface area contributed by atoms with Crippen LogP contribution in [0.5, 0.6) is 5.75 Å². The normalized spacial score (nSPS) is 24.5. The zero-order chi connectivity index (χ0) is 25.5. The molecule has 9 nitrogen and oxygen atoms in total. The van der Waals surface area contributed by atoms with Crippen LogP contribution < -0.4 is 15.4 Å². The summed E-state index contributed by atoms with van der Waals surface area (Å²) in [5.41, 5.74) is 0.872. The molecule has 0 bridgehead atoms. The minimum Gasteiger partial charge on any atom is -0.491 e. The van der Waals surface area contributed by atoms with Crippen LogP contribution in [0.15, 0.2) is 18.2 Å². The molecule has 9 heteroatoms. The van der Waals surface area contributed by atoms with E-state index in [4.69, 9.17) is 9.47 Å². The Bertz CT molecular complexity index is 902. The Hall–Kier alpha value is -2.81. The highest BCUT2D eigenvalue weighted by molar-refractivity contribution is 5.99. The number of likely N-dealkylation sites (N-methyl/N-ethyl adjacent to an activating group) is 1. The Morgan fingerprint density at radius 1 is 1.11 bits per heavy atom. The summed E-state index contributed by atoms with van der Waals surface area (Å²) in [6, 6.07) is 4.80. The fourth-order valence-electron chi connectivity index (χ4n) is 4.89. The van der Waals surface area contributed by atoms with E-state index in [-0.39, 0.29) is 48.6 Å². The molecule has 1 aromatic rings. The Balaban J connectivity index is 1.84. The van der Waals surface area contributed by atoms with Crippen molar-refractivity contribution in [1.82, 2.24) is 15.1 Å². The number of hydrogen-bond acceptors (Lipinski definition) is 5. The van der Waals surface area contributed by atoms with E-state index in [1.165, 1.54) is 6.42 Å². The summed E-state index contributed by atoms with van der Waals surface area (Å²) in [6.45, 7) is 6.60. The molecule has 0 saturated heterocycles. The highest BCUT2D eigenvalue weighted by atomic mass is 16.5. The van der Waals surface area contributed by atoms with Gasteiger partial charge in [-0.25, -0.2) is 4.79 Å². The minimum atomic E-state index is -0.272. The van der Waals surface area contributed by atoms with Gasteiger partial charge in [0.05, 0.1) is 17.7 Å². The lowest BCUT2D eigenvalue weighted by molar-refractivity contribution is -0.133. The number of fused-ring (bicyclic) bond motifs is 1. The quantitative estimate of drug-likeness (QED) is 0.678. The molecule has 35 heavy (non-hydrogen) atoms. The summed E-state index contributed by atoms with van der Waals surface area (Å²) in [4.78, 5) is 41.7. The second kappa shape index (κ2) is 12.2. The molecule has 1 aromatic carbocycles. The molecule has 1 heterocycles. The van der Waals surface area contributed by atoms with Crippen LogP contribution in [-0.4, -0.2) is 79.7 Å². The summed E-state index contributed by atoms with van der Waals surface area (Å²) in [5.74, 6) is 0.172. The molecule has 4 amide bonds. The van der Waals surface area contributed by atoms with Gasteiger partial charge in [-0.1, -0.05) is 26.2 Å². The molecule has 2 N–H and O–H groups in total. The van der Waals surface area contributed by atoms with E-state index in [2.05, 4.69) is 10.6 Å². The van der Waals surface area contributed by atoms with E-state index >= 15 is 0 Å². The first-order valence-electron chi connectivity index (χ1n) is 12.6. The van der Waals surface area contributed by atoms with Crippen LogP contribution in [0.4, 0.5) is 10.5 Å². The van der Waals surface area contributed by atoms with Crippen molar-refractivity contribution in [2.75, 3.05) is 39.2 Å². The van der Waals surface area contributed by atoms with Crippen LogP contribution >= 0.6 is 0 Å². The van der Waals surface area contributed by atoms with Gasteiger partial charge in [-0.05, 0) is 38.0 Å². The topological polar surface area (TPSA) is 100 Å². The average Bonchev–Trinajstić information content (AvgIpc) is 2.83. The fourth-order valence-corrected chi connectivity index (χ4v) is 4.89. The summed E-state index contributed by atoms with van der Waals surface area (Å²) >= 11 is 0. The largest absolute Gasteiger partial charge is 0.491 e. The average molecular weight is 489 g/mol. The van der Waals surface area contributed by atoms with E-state index in [0.29, 0.717) is 30.1 Å². The molecule has 1 fully saturated rings. The van der Waals surface area contributed by atoms with E-state index in [1.54, 1.807) is 49.1 Å². The van der Waals surface area contributed by atoms with Gasteiger partial charge in [-0.15, -0.1) is 0 Å². The number of hydrogen-bond donors (Lipinski definition) is 2. The Morgan fingerprint density at radius 3 is 2.49 bits per heavy atom. The molecule has 1 aliphatic carbocycles. The number of amides is 4. The van der Waals surface area contributed by atoms with Crippen LogP contribution in [0.25, 0.3) is 0 Å². The monoisotopic (exact) mass is 488 g/mol. The van der Waals surface area contributed by atoms with Crippen LogP contribution in [-0.2, 0) is 9.53 Å². The molecule has 0 radical (unpaired) electrons. The first-order valence-corrected chi connectivity index (χ1v) is 12.6. The first kappa shape index (κ1) is 26.8. The smallest absolute Gasteiger partial charge is 0.319 e. The maximum Gasteiger partial charge on any atom is 0.319 e. The third kappa shape index (κ3) is 7.10. The molecule has 0 unspecified atom stereocenters. The van der Waals surface area contributed by atoms with Crippen molar-refractivity contribution in [2.45, 2.75) is 71.1 Å². The van der Waals surface area contributed by atoms with Gasteiger partial charge in [-0.2, -0.15) is 0 Å². The molecule has 1 saturated carbocycles. The second-order valence-electron chi connectivity index (χ2n) is 9.91. The molecule has 3 atom stereocenters. The highest BCUT2D eigenvalue weighted by Crippen LogP contribution is 2.27. The Morgan fingerprint density at radius 2 is 1.83 bits per heavy atom. The minimum absolute atomic E-state index is 0.0111. The van der Waals surface area contributed by atoms with E-state index in [9.17, 15) is 14.4 Å². The van der Waals surface area contributed by atoms with Gasteiger partial charge in [0.25, 0.3) is 5.91 Å². The number of benzene rings is 1. The number of rotatable bonds is 3. The van der Waals surface area contributed by atoms with E-state index in [0.717, 1.165) is 25.7 Å². The third-order valence-corrected chi connectivity index (χ3v) is 7.05. The van der Waals surface area contributed by atoms with Crippen LogP contribution in [0.1, 0.15) is 63.2 Å². The van der Waals surface area contributed by atoms with E-state index in [1.807, 2.05) is 13.8 Å². The number of carbonyl (C=O) groups is 3. The molecule has 1 aliphatic heterocycles. The van der Waals surface area contributed by atoms with Crippen molar-refractivity contribution in [3.8, 4) is 5.75 Å². The molecular weight excluding hydrogens is 448 g/mol. The Labute approximate surface area is 208 Å². The standard InChI is InChI=1S/C26H40N4O5/c1-17-14-30(19(3)31)18(2)16-35-23-12-11-21(28-26(33)27-20-9-7-6-8-10-20)13-22(23)25(32)29(4)15-24(17)34-5/h11-13,17-18,20,24H,6-10,14-16H2,1-5H3,(H2,27,28,33)/t17-,18+,24+/m1/s1. The number of methoxy groups -OCH3 is 1. The summed E-state index contributed by atoms with van der Waals surface area (Å²) in [5, 5.41) is 5.90. The maximum absolute atomic E-state index is 13.4. The second-order valence-corrected chi connectivity index (χ2v) is 9.91. The predicted octanol–water partition coefficient (Wildman–Crippen LogP) is 3.49. The van der Waals surface area contributed by atoms with Crippen LogP contribution in [0, 0.1) is 5.92 Å². The van der Waals surface area contributed by atoms with Gasteiger partial charge in [0, 0.05) is 51.8 Å². The van der Waals surface area contributed by atoms with Crippen molar-refractivity contribution in [2.24, 2.45) is 5.92 Å². The van der Waals surface area contributed by atoms with Gasteiger partial charge in [0.1, 0.15) is 12.4 Å². The van der Waals surface area contributed by atoms with Gasteiger partial charge in [0.15, 0.2) is 0 Å². The zero-order valence-electron chi connectivity index (χ0n) is 21.6. The fraction of sp³-hybridized carbons (Fsp3) is 0.654.